The summed E-state index contributed by atoms with van der Waals surface area (Å²) >= 11 is 3.49. The number of hydrazone groups is 1. The molecule has 4 aromatic rings. The number of ether oxygens (including phenoxy) is 1. The van der Waals surface area contributed by atoms with Crippen molar-refractivity contribution in [1.82, 2.24) is 5.43 Å². The molecule has 0 heterocycles. The molecule has 30 heavy (non-hydrogen) atoms. The lowest BCUT2D eigenvalue weighted by Gasteiger charge is -2.11. The molecule has 0 saturated heterocycles. The van der Waals surface area contributed by atoms with Crippen molar-refractivity contribution >= 4 is 49.6 Å². The van der Waals surface area contributed by atoms with Crippen LogP contribution in [0.1, 0.15) is 16.7 Å². The summed E-state index contributed by atoms with van der Waals surface area (Å²) in [5, 5.41) is 8.64. The van der Waals surface area contributed by atoms with Gasteiger partial charge in [0, 0.05) is 5.56 Å². The van der Waals surface area contributed by atoms with Crippen LogP contribution in [0.4, 0.5) is 0 Å². The van der Waals surface area contributed by atoms with E-state index in [9.17, 15) is 4.79 Å². The molecule has 0 aliphatic rings. The predicted octanol–water partition coefficient (Wildman–Crippen LogP) is 5.90. The fourth-order valence-electron chi connectivity index (χ4n) is 3.61. The fourth-order valence-corrected chi connectivity index (χ4v) is 4.40. The third-order valence-corrected chi connectivity index (χ3v) is 5.51. The van der Waals surface area contributed by atoms with Crippen molar-refractivity contribution < 1.29 is 9.53 Å². The molecule has 0 radical (unpaired) electrons. The molecule has 4 nitrogen and oxygen atoms in total. The predicted molar refractivity (Wildman–Crippen MR) is 126 cm³/mol. The van der Waals surface area contributed by atoms with E-state index in [2.05, 4.69) is 56.8 Å². The lowest BCUT2D eigenvalue weighted by atomic mass is 9.97. The normalized spacial score (nSPS) is 11.3. The monoisotopic (exact) mass is 460 g/mol. The Kier molecular flexibility index (Phi) is 5.81. The van der Waals surface area contributed by atoms with E-state index in [0.717, 1.165) is 42.7 Å². The second-order valence-electron chi connectivity index (χ2n) is 7.21. The number of rotatable bonds is 5. The van der Waals surface area contributed by atoms with Gasteiger partial charge in [0.15, 0.2) is 6.61 Å². The fraction of sp³-hybridized carbons (Fsp3) is 0.120. The minimum absolute atomic E-state index is 0.115. The van der Waals surface area contributed by atoms with Crippen LogP contribution < -0.4 is 10.2 Å². The zero-order chi connectivity index (χ0) is 21.1. The Morgan fingerprint density at radius 3 is 2.27 bits per heavy atom. The van der Waals surface area contributed by atoms with Crippen molar-refractivity contribution in [3.63, 3.8) is 0 Å². The van der Waals surface area contributed by atoms with Crippen LogP contribution in [-0.4, -0.2) is 18.7 Å². The van der Waals surface area contributed by atoms with Gasteiger partial charge in [-0.2, -0.15) is 5.10 Å². The van der Waals surface area contributed by atoms with Gasteiger partial charge in [-0.15, -0.1) is 0 Å². The Morgan fingerprint density at radius 2 is 1.63 bits per heavy atom. The number of nitrogens with one attached hydrogen (secondary N) is 1. The van der Waals surface area contributed by atoms with Crippen LogP contribution in [0.3, 0.4) is 0 Å². The molecular weight excluding hydrogens is 440 g/mol. The lowest BCUT2D eigenvalue weighted by Crippen LogP contribution is -2.24. The number of benzene rings is 4. The zero-order valence-electron chi connectivity index (χ0n) is 16.8. The van der Waals surface area contributed by atoms with Crippen molar-refractivity contribution in [3.8, 4) is 5.75 Å². The van der Waals surface area contributed by atoms with Gasteiger partial charge in [-0.05, 0) is 74.6 Å². The average molecular weight is 461 g/mol. The molecule has 0 aromatic heterocycles. The van der Waals surface area contributed by atoms with Gasteiger partial charge in [-0.3, -0.25) is 4.79 Å². The van der Waals surface area contributed by atoms with E-state index >= 15 is 0 Å². The minimum Gasteiger partial charge on any atom is -0.482 e. The maximum Gasteiger partial charge on any atom is 0.277 e. The van der Waals surface area contributed by atoms with Crippen molar-refractivity contribution in [1.29, 1.82) is 0 Å². The summed E-state index contributed by atoms with van der Waals surface area (Å²) in [4.78, 5) is 12.3. The van der Waals surface area contributed by atoms with E-state index in [1.807, 2.05) is 50.2 Å². The smallest absolute Gasteiger partial charge is 0.277 e. The van der Waals surface area contributed by atoms with E-state index < -0.39 is 0 Å². The van der Waals surface area contributed by atoms with Gasteiger partial charge < -0.3 is 4.74 Å². The molecule has 0 aliphatic heterocycles. The highest BCUT2D eigenvalue weighted by molar-refractivity contribution is 9.10. The quantitative estimate of drug-likeness (QED) is 0.229. The Hall–Kier alpha value is -3.18. The summed E-state index contributed by atoms with van der Waals surface area (Å²) in [5.41, 5.74) is 5.65. The molecule has 0 atom stereocenters. The highest BCUT2D eigenvalue weighted by Gasteiger charge is 2.09. The first kappa shape index (κ1) is 20.1. The maximum atomic E-state index is 12.3. The van der Waals surface area contributed by atoms with Crippen LogP contribution in [0.5, 0.6) is 5.75 Å². The molecule has 0 bridgehead atoms. The average Bonchev–Trinajstić information content (AvgIpc) is 2.72. The number of amides is 1. The van der Waals surface area contributed by atoms with Gasteiger partial charge in [-0.1, -0.05) is 54.6 Å². The van der Waals surface area contributed by atoms with E-state index in [1.54, 1.807) is 6.21 Å². The van der Waals surface area contributed by atoms with Crippen molar-refractivity contribution in [2.24, 2.45) is 5.10 Å². The molecule has 0 aliphatic carbocycles. The van der Waals surface area contributed by atoms with Gasteiger partial charge in [0.25, 0.3) is 5.91 Å². The minimum atomic E-state index is -0.317. The van der Waals surface area contributed by atoms with E-state index in [-0.39, 0.29) is 12.5 Å². The Balaban J connectivity index is 1.52. The molecule has 0 fully saturated rings. The summed E-state index contributed by atoms with van der Waals surface area (Å²) in [6.07, 6.45) is 1.70. The molecule has 5 heteroatoms. The van der Waals surface area contributed by atoms with Crippen LogP contribution in [0, 0.1) is 13.8 Å². The SMILES string of the molecule is Cc1cc(C)c(OCC(=O)N/N=C\c2c3ccccc3cc3ccccc23)c(Br)c1. The molecule has 4 rings (SSSR count). The first-order valence-electron chi connectivity index (χ1n) is 9.65. The third kappa shape index (κ3) is 4.21. The maximum absolute atomic E-state index is 12.3. The van der Waals surface area contributed by atoms with E-state index in [1.165, 1.54) is 0 Å². The number of halogens is 1. The highest BCUT2D eigenvalue weighted by atomic mass is 79.9. The standard InChI is InChI=1S/C25H21BrN2O2/c1-16-11-17(2)25(23(26)12-16)30-15-24(29)28-27-14-22-20-9-5-3-7-18(20)13-19-8-4-6-10-21(19)22/h3-14H,15H2,1-2H3,(H,28,29)/b27-14-. The summed E-state index contributed by atoms with van der Waals surface area (Å²) in [7, 11) is 0. The van der Waals surface area contributed by atoms with Crippen LogP contribution in [-0.2, 0) is 4.79 Å². The summed E-state index contributed by atoms with van der Waals surface area (Å²) < 4.78 is 6.53. The van der Waals surface area contributed by atoms with Crippen molar-refractivity contribution in [2.75, 3.05) is 6.61 Å². The second kappa shape index (κ2) is 8.67. The van der Waals surface area contributed by atoms with Crippen LogP contribution in [0.15, 0.2) is 76.3 Å². The van der Waals surface area contributed by atoms with Gasteiger partial charge >= 0.3 is 0 Å². The number of nitrogens with zero attached hydrogens (tertiary/aromatic N) is 1. The molecule has 0 saturated carbocycles. The highest BCUT2D eigenvalue weighted by Crippen LogP contribution is 2.30. The van der Waals surface area contributed by atoms with Crippen molar-refractivity contribution in [2.45, 2.75) is 13.8 Å². The second-order valence-corrected chi connectivity index (χ2v) is 8.06. The van der Waals surface area contributed by atoms with Gasteiger partial charge in [0.05, 0.1) is 10.7 Å². The Morgan fingerprint density at radius 1 is 1.00 bits per heavy atom. The number of carbonyl (C=O) groups is 1. The van der Waals surface area contributed by atoms with Crippen molar-refractivity contribution in [3.05, 3.63) is 87.9 Å². The number of fused-ring (bicyclic) bond motifs is 2. The van der Waals surface area contributed by atoms with E-state index in [0.29, 0.717) is 5.75 Å². The number of carbonyl (C=O) groups excluding carboxylic acids is 1. The number of aryl methyl sites for hydroxylation is 2. The van der Waals surface area contributed by atoms with E-state index in [4.69, 9.17) is 4.74 Å². The van der Waals surface area contributed by atoms with Crippen LogP contribution >= 0.6 is 15.9 Å². The summed E-state index contributed by atoms with van der Waals surface area (Å²) in [6, 6.07) is 22.5. The first-order valence-corrected chi connectivity index (χ1v) is 10.4. The number of hydrogen-bond donors (Lipinski definition) is 1. The molecule has 1 N–H and O–H groups in total. The van der Waals surface area contributed by atoms with Crippen LogP contribution in [0.2, 0.25) is 0 Å². The third-order valence-electron chi connectivity index (χ3n) is 4.92. The number of hydrogen-bond acceptors (Lipinski definition) is 3. The summed E-state index contributed by atoms with van der Waals surface area (Å²) in [6.45, 7) is 3.85. The molecule has 0 unspecified atom stereocenters. The lowest BCUT2D eigenvalue weighted by molar-refractivity contribution is -0.123. The zero-order valence-corrected chi connectivity index (χ0v) is 18.4. The van der Waals surface area contributed by atoms with Gasteiger partial charge in [0.2, 0.25) is 0 Å². The Labute approximate surface area is 183 Å². The first-order chi connectivity index (χ1) is 14.5. The van der Waals surface area contributed by atoms with Gasteiger partial charge in [0.1, 0.15) is 5.75 Å². The molecule has 0 spiro atoms. The molecule has 150 valence electrons. The molecule has 1 amide bonds. The Bertz CT molecular complexity index is 1200. The molecule has 4 aromatic carbocycles. The largest absolute Gasteiger partial charge is 0.482 e. The topological polar surface area (TPSA) is 50.7 Å². The summed E-state index contributed by atoms with van der Waals surface area (Å²) in [5.74, 6) is 0.349. The van der Waals surface area contributed by atoms with Crippen LogP contribution in [0.25, 0.3) is 21.5 Å². The molecular formula is C25H21BrN2O2. The van der Waals surface area contributed by atoms with Gasteiger partial charge in [-0.25, -0.2) is 5.43 Å².